The van der Waals surface area contributed by atoms with Gasteiger partial charge in [-0.05, 0) is 43.1 Å². The fourth-order valence-electron chi connectivity index (χ4n) is 3.04. The molecule has 0 aliphatic carbocycles. The van der Waals surface area contributed by atoms with Gasteiger partial charge in [0.1, 0.15) is 5.56 Å². The number of thiophene rings is 1. The van der Waals surface area contributed by atoms with E-state index in [-0.39, 0.29) is 12.4 Å². The maximum absolute atomic E-state index is 13.2. The number of aryl methyl sites for hydroxylation is 1. The molecule has 4 rings (SSSR count). The van der Waals surface area contributed by atoms with E-state index in [1.807, 2.05) is 0 Å². The maximum atomic E-state index is 13.2. The quantitative estimate of drug-likeness (QED) is 0.314. The number of aliphatic imine (C=N–C) groups is 1. The zero-order valence-corrected chi connectivity index (χ0v) is 18.6. The number of alkyl halides is 3. The SMILES string of the molecule is CC(CN)=NC(=O)c1sc2ccc3nc(Oc4nc(Cl)ncc4C(F)(F)F)cnc3c2c1C. The third kappa shape index (κ3) is 4.49. The molecule has 0 aliphatic rings. The van der Waals surface area contributed by atoms with Crippen molar-refractivity contribution >= 4 is 55.7 Å². The number of amides is 1. The Balaban J connectivity index is 1.77. The molecule has 1 aromatic carbocycles. The van der Waals surface area contributed by atoms with Crippen molar-refractivity contribution in [3.63, 3.8) is 0 Å². The Hall–Kier alpha value is -3.22. The number of hydrogen-bond acceptors (Lipinski definition) is 8. The summed E-state index contributed by atoms with van der Waals surface area (Å²) in [6.45, 7) is 3.60. The van der Waals surface area contributed by atoms with E-state index in [0.717, 1.165) is 4.70 Å². The Labute approximate surface area is 193 Å². The van der Waals surface area contributed by atoms with Crippen molar-refractivity contribution in [2.45, 2.75) is 20.0 Å². The fourth-order valence-corrected chi connectivity index (χ4v) is 4.26. The molecule has 170 valence electrons. The van der Waals surface area contributed by atoms with Crippen LogP contribution in [0.4, 0.5) is 13.2 Å². The molecule has 0 spiro atoms. The molecular weight excluding hydrogens is 481 g/mol. The number of benzene rings is 1. The van der Waals surface area contributed by atoms with Gasteiger partial charge in [0.2, 0.25) is 17.0 Å². The number of nitrogens with two attached hydrogens (primary N) is 1. The van der Waals surface area contributed by atoms with Gasteiger partial charge >= 0.3 is 6.18 Å². The maximum Gasteiger partial charge on any atom is 0.423 e. The lowest BCUT2D eigenvalue weighted by Gasteiger charge is -2.11. The first-order chi connectivity index (χ1) is 15.6. The zero-order chi connectivity index (χ0) is 23.9. The molecular formula is C20H14ClF3N6O2S. The van der Waals surface area contributed by atoms with Crippen molar-refractivity contribution in [3.8, 4) is 11.8 Å². The average Bonchev–Trinajstić information content (AvgIpc) is 3.09. The first kappa shape index (κ1) is 23.0. The standard InChI is InChI=1S/C20H14ClF3N6O2S/c1-8(5-25)28-17(31)16-9(2)14-12(33-16)4-3-11-15(14)26-7-13(29-11)32-18-10(20(22,23)24)6-27-19(21)30-18/h3-4,6-7H,5,25H2,1-2H3. The summed E-state index contributed by atoms with van der Waals surface area (Å²) in [6, 6.07) is 3.38. The first-order valence-corrected chi connectivity index (χ1v) is 10.5. The van der Waals surface area contributed by atoms with E-state index in [2.05, 4.69) is 24.9 Å². The van der Waals surface area contributed by atoms with Gasteiger partial charge in [0.15, 0.2) is 0 Å². The molecule has 0 saturated carbocycles. The van der Waals surface area contributed by atoms with Gasteiger partial charge in [0, 0.05) is 28.5 Å². The van der Waals surface area contributed by atoms with Crippen LogP contribution in [0.2, 0.25) is 5.28 Å². The largest absolute Gasteiger partial charge is 0.423 e. The summed E-state index contributed by atoms with van der Waals surface area (Å²) >= 11 is 6.89. The molecule has 4 aromatic rings. The summed E-state index contributed by atoms with van der Waals surface area (Å²) in [5, 5.41) is 0.286. The predicted molar refractivity (Wildman–Crippen MR) is 118 cm³/mol. The van der Waals surface area contributed by atoms with Gasteiger partial charge in [0.25, 0.3) is 5.91 Å². The number of nitrogens with zero attached hydrogens (tertiary/aromatic N) is 5. The van der Waals surface area contributed by atoms with E-state index in [1.54, 1.807) is 26.0 Å². The van der Waals surface area contributed by atoms with Crippen LogP contribution in [0.1, 0.15) is 27.7 Å². The lowest BCUT2D eigenvalue weighted by atomic mass is 10.1. The number of aromatic nitrogens is 4. The molecule has 0 atom stereocenters. The Morgan fingerprint density at radius 3 is 2.70 bits per heavy atom. The summed E-state index contributed by atoms with van der Waals surface area (Å²) < 4.78 is 45.8. The number of carbonyl (C=O) groups excluding carboxylic acids is 1. The third-order valence-corrected chi connectivity index (χ3v) is 6.02. The predicted octanol–water partition coefficient (Wildman–Crippen LogP) is 4.97. The topological polar surface area (TPSA) is 116 Å². The molecule has 13 heteroatoms. The number of halogens is 4. The van der Waals surface area contributed by atoms with Gasteiger partial charge in [-0.2, -0.15) is 18.2 Å². The van der Waals surface area contributed by atoms with Crippen LogP contribution >= 0.6 is 22.9 Å². The van der Waals surface area contributed by atoms with E-state index < -0.39 is 28.8 Å². The molecule has 1 amide bonds. The normalized spacial score (nSPS) is 12.5. The van der Waals surface area contributed by atoms with Crippen molar-refractivity contribution in [2.24, 2.45) is 10.7 Å². The van der Waals surface area contributed by atoms with Crippen LogP contribution < -0.4 is 10.5 Å². The second-order valence-corrected chi connectivity index (χ2v) is 8.28. The fraction of sp³-hybridized carbons (Fsp3) is 0.200. The summed E-state index contributed by atoms with van der Waals surface area (Å²) in [7, 11) is 0. The van der Waals surface area contributed by atoms with Crippen LogP contribution in [-0.4, -0.2) is 38.1 Å². The van der Waals surface area contributed by atoms with Crippen molar-refractivity contribution in [1.82, 2.24) is 19.9 Å². The van der Waals surface area contributed by atoms with Crippen molar-refractivity contribution in [2.75, 3.05) is 6.54 Å². The Morgan fingerprint density at radius 2 is 2.00 bits per heavy atom. The molecule has 0 bridgehead atoms. The molecule has 0 radical (unpaired) electrons. The van der Waals surface area contributed by atoms with Crippen molar-refractivity contribution in [1.29, 1.82) is 0 Å². The highest BCUT2D eigenvalue weighted by atomic mass is 35.5. The highest BCUT2D eigenvalue weighted by Crippen LogP contribution is 2.38. The molecule has 3 heterocycles. The third-order valence-electron chi connectivity index (χ3n) is 4.59. The van der Waals surface area contributed by atoms with Crippen molar-refractivity contribution in [3.05, 3.63) is 45.8 Å². The van der Waals surface area contributed by atoms with Crippen molar-refractivity contribution < 1.29 is 22.7 Å². The number of fused-ring (bicyclic) bond motifs is 3. The summed E-state index contributed by atoms with van der Waals surface area (Å²) in [6.07, 6.45) is -3.05. The minimum Gasteiger partial charge on any atom is -0.418 e. The number of ether oxygens (including phenoxy) is 1. The highest BCUT2D eigenvalue weighted by Gasteiger charge is 2.36. The summed E-state index contributed by atoms with van der Waals surface area (Å²) in [4.78, 5) is 32.4. The Bertz CT molecular complexity index is 1440. The van der Waals surface area contributed by atoms with Gasteiger partial charge in [-0.3, -0.25) is 4.79 Å². The van der Waals surface area contributed by atoms with E-state index in [4.69, 9.17) is 22.1 Å². The smallest absolute Gasteiger partial charge is 0.418 e. The second-order valence-electron chi connectivity index (χ2n) is 6.88. The Kier molecular flexibility index (Phi) is 5.99. The minimum absolute atomic E-state index is 0.167. The average molecular weight is 495 g/mol. The van der Waals surface area contributed by atoms with Crippen LogP contribution in [0.25, 0.3) is 21.1 Å². The number of hydrogen-bond donors (Lipinski definition) is 1. The number of carbonyl (C=O) groups is 1. The van der Waals surface area contributed by atoms with E-state index in [0.29, 0.717) is 38.8 Å². The molecule has 2 N–H and O–H groups in total. The molecule has 0 unspecified atom stereocenters. The van der Waals surface area contributed by atoms with Gasteiger partial charge in [-0.1, -0.05) is 0 Å². The van der Waals surface area contributed by atoms with Crippen LogP contribution in [0, 0.1) is 6.92 Å². The molecule has 0 fully saturated rings. The molecule has 0 saturated heterocycles. The summed E-state index contributed by atoms with van der Waals surface area (Å²) in [5.41, 5.74) is 6.30. The van der Waals surface area contributed by atoms with E-state index in [1.165, 1.54) is 17.5 Å². The van der Waals surface area contributed by atoms with Gasteiger partial charge < -0.3 is 10.5 Å². The molecule has 8 nitrogen and oxygen atoms in total. The van der Waals surface area contributed by atoms with E-state index in [9.17, 15) is 18.0 Å². The molecule has 3 aromatic heterocycles. The lowest BCUT2D eigenvalue weighted by Crippen LogP contribution is -2.11. The van der Waals surface area contributed by atoms with E-state index >= 15 is 0 Å². The van der Waals surface area contributed by atoms with Gasteiger partial charge in [-0.25, -0.2) is 19.9 Å². The zero-order valence-electron chi connectivity index (χ0n) is 17.1. The van der Waals surface area contributed by atoms with Gasteiger partial charge in [0.05, 0.1) is 22.1 Å². The van der Waals surface area contributed by atoms with Crippen LogP contribution in [-0.2, 0) is 6.18 Å². The molecule has 33 heavy (non-hydrogen) atoms. The lowest BCUT2D eigenvalue weighted by molar-refractivity contribution is -0.139. The van der Waals surface area contributed by atoms with Crippen LogP contribution in [0.3, 0.4) is 0 Å². The monoisotopic (exact) mass is 494 g/mol. The molecule has 0 aliphatic heterocycles. The minimum atomic E-state index is -4.75. The Morgan fingerprint density at radius 1 is 1.24 bits per heavy atom. The van der Waals surface area contributed by atoms with Crippen LogP contribution in [0.15, 0.2) is 29.5 Å². The van der Waals surface area contributed by atoms with Crippen LogP contribution in [0.5, 0.6) is 11.8 Å². The highest BCUT2D eigenvalue weighted by molar-refractivity contribution is 7.21. The number of rotatable bonds is 4. The summed E-state index contributed by atoms with van der Waals surface area (Å²) in [5.74, 6) is -1.41. The second kappa shape index (κ2) is 8.61. The first-order valence-electron chi connectivity index (χ1n) is 9.33. The van der Waals surface area contributed by atoms with Gasteiger partial charge in [-0.15, -0.1) is 11.3 Å².